The lowest BCUT2D eigenvalue weighted by Crippen LogP contribution is -2.60. The Kier molecular flexibility index (Phi) is 2.95. The van der Waals surface area contributed by atoms with Crippen molar-refractivity contribution in [3.05, 3.63) is 60.2 Å². The summed E-state index contributed by atoms with van der Waals surface area (Å²) in [6, 6.07) is 8.95. The van der Waals surface area contributed by atoms with Gasteiger partial charge in [-0.15, -0.1) is 0 Å². The van der Waals surface area contributed by atoms with Crippen molar-refractivity contribution in [2.75, 3.05) is 0 Å². The summed E-state index contributed by atoms with van der Waals surface area (Å²) >= 11 is 0. The zero-order valence-corrected chi connectivity index (χ0v) is 17.4. The first-order chi connectivity index (χ1) is 15.6. The fourth-order valence-corrected chi connectivity index (χ4v) is 9.45. The van der Waals surface area contributed by atoms with Crippen molar-refractivity contribution >= 4 is 18.0 Å². The number of hydrogen-bond acceptors (Lipinski definition) is 5. The second kappa shape index (κ2) is 5.36. The molecular formula is C26H23NO5. The minimum Gasteiger partial charge on any atom is -0.445 e. The summed E-state index contributed by atoms with van der Waals surface area (Å²) < 4.78 is 11.3. The van der Waals surface area contributed by atoms with Crippen LogP contribution in [-0.4, -0.2) is 35.0 Å². The van der Waals surface area contributed by atoms with Crippen LogP contribution in [0.5, 0.6) is 0 Å². The van der Waals surface area contributed by atoms with Crippen molar-refractivity contribution in [3.8, 4) is 0 Å². The topological polar surface area (TPSA) is 72.9 Å². The molecule has 2 saturated carbocycles. The molecule has 2 unspecified atom stereocenters. The molecule has 6 nitrogen and oxygen atoms in total. The maximum atomic E-state index is 13.6. The van der Waals surface area contributed by atoms with E-state index in [1.165, 1.54) is 0 Å². The van der Waals surface area contributed by atoms with E-state index in [0.29, 0.717) is 11.8 Å². The number of ether oxygens (including phenoxy) is 2. The molecule has 1 aromatic rings. The van der Waals surface area contributed by atoms with Gasteiger partial charge in [-0.1, -0.05) is 54.6 Å². The Hall–Kier alpha value is -2.89. The number of fused-ring (bicyclic) bond motifs is 11. The number of amides is 1. The number of carbonyl (C=O) groups excluding carboxylic acids is 3. The highest BCUT2D eigenvalue weighted by Crippen LogP contribution is 2.82. The summed E-state index contributed by atoms with van der Waals surface area (Å²) in [7, 11) is 0. The minimum atomic E-state index is -0.945. The van der Waals surface area contributed by atoms with Gasteiger partial charge in [-0.3, -0.25) is 14.5 Å². The third-order valence-corrected chi connectivity index (χ3v) is 10.1. The molecule has 0 N–H and O–H groups in total. The maximum absolute atomic E-state index is 13.6. The number of allylic oxidation sites excluding steroid dienone is 4. The first-order valence-corrected chi connectivity index (χ1v) is 11.7. The van der Waals surface area contributed by atoms with Crippen molar-refractivity contribution in [2.24, 2.45) is 46.3 Å². The van der Waals surface area contributed by atoms with Gasteiger partial charge in [0, 0.05) is 0 Å². The summed E-state index contributed by atoms with van der Waals surface area (Å²) in [6.45, 7) is 0.180. The van der Waals surface area contributed by atoms with Gasteiger partial charge >= 0.3 is 18.0 Å². The van der Waals surface area contributed by atoms with Crippen molar-refractivity contribution in [3.63, 3.8) is 0 Å². The molecule has 162 valence electrons. The van der Waals surface area contributed by atoms with E-state index in [4.69, 9.17) is 9.47 Å². The molecule has 10 atom stereocenters. The molecule has 3 heterocycles. The Balaban J connectivity index is 1.27. The molecule has 5 fully saturated rings. The Morgan fingerprint density at radius 2 is 1.50 bits per heavy atom. The number of nitrogens with zero attached hydrogens (tertiary/aromatic N) is 1. The highest BCUT2D eigenvalue weighted by atomic mass is 16.6. The summed E-state index contributed by atoms with van der Waals surface area (Å²) in [5.41, 5.74) is -0.970. The van der Waals surface area contributed by atoms with Crippen molar-refractivity contribution in [1.82, 2.24) is 4.90 Å². The standard InChI is InChI=1S/C26H23NO5/c28-22-25-16-8-9-17(11-16)26(25,23(29)32-22)21-19-15-7-6-14(10-15)18(19)20(25)27(21)24(30)31-12-13-4-2-1-3-5-13/h1-9,14-21H,10-12H2/t14-,15+,16+,17-,18?,19?,20-,21+,25-,26+. The van der Waals surface area contributed by atoms with Crippen LogP contribution in [0, 0.1) is 46.3 Å². The molecular weight excluding hydrogens is 406 g/mol. The SMILES string of the molecule is O=C(OCc1ccccc1)N1[C@H]2C3C([C@@H]4C=C[C@H]3C4)[C@@H]1[C@]13C(=O)OC(=O)[C@]21[C@@H]1C=C[C@H]3C1. The van der Waals surface area contributed by atoms with Crippen molar-refractivity contribution in [1.29, 1.82) is 0 Å². The summed E-state index contributed by atoms with van der Waals surface area (Å²) in [5.74, 6) is 0.185. The number of hydrogen-bond donors (Lipinski definition) is 0. The molecule has 3 aliphatic heterocycles. The molecule has 1 aromatic carbocycles. The van der Waals surface area contributed by atoms with Crippen LogP contribution in [0.15, 0.2) is 54.6 Å². The predicted octanol–water partition coefficient (Wildman–Crippen LogP) is 3.09. The molecule has 7 aliphatic rings. The van der Waals surface area contributed by atoms with Crippen LogP contribution in [-0.2, 0) is 25.7 Å². The molecule has 8 rings (SSSR count). The number of carbonyl (C=O) groups is 3. The summed E-state index contributed by atoms with van der Waals surface area (Å²) in [6.07, 6.45) is 10.2. The van der Waals surface area contributed by atoms with E-state index in [9.17, 15) is 14.4 Å². The van der Waals surface area contributed by atoms with Gasteiger partial charge in [0.25, 0.3) is 0 Å². The first-order valence-electron chi connectivity index (χ1n) is 11.7. The summed E-state index contributed by atoms with van der Waals surface area (Å²) in [4.78, 5) is 42.5. The Bertz CT molecular complexity index is 1100. The smallest absolute Gasteiger partial charge is 0.410 e. The van der Waals surface area contributed by atoms with Crippen LogP contribution in [0.2, 0.25) is 0 Å². The molecule has 0 radical (unpaired) electrons. The molecule has 3 saturated heterocycles. The monoisotopic (exact) mass is 429 g/mol. The fourth-order valence-electron chi connectivity index (χ4n) is 9.45. The lowest BCUT2D eigenvalue weighted by molar-refractivity contribution is -0.159. The fraction of sp³-hybridized carbons (Fsp3) is 0.500. The molecule has 0 spiro atoms. The third kappa shape index (κ3) is 1.55. The molecule has 0 aromatic heterocycles. The van der Waals surface area contributed by atoms with E-state index in [2.05, 4.69) is 24.3 Å². The summed E-state index contributed by atoms with van der Waals surface area (Å²) in [5, 5.41) is 0. The van der Waals surface area contributed by atoms with E-state index in [1.807, 2.05) is 35.2 Å². The third-order valence-electron chi connectivity index (χ3n) is 10.1. The normalized spacial score (nSPS) is 49.6. The molecule has 6 bridgehead atoms. The van der Waals surface area contributed by atoms with Crippen LogP contribution in [0.4, 0.5) is 4.79 Å². The lowest BCUT2D eigenvalue weighted by Gasteiger charge is -2.48. The zero-order valence-electron chi connectivity index (χ0n) is 17.4. The molecule has 6 heteroatoms. The van der Waals surface area contributed by atoms with Gasteiger partial charge in [0.1, 0.15) is 17.4 Å². The van der Waals surface area contributed by atoms with Crippen LogP contribution in [0.25, 0.3) is 0 Å². The second-order valence-corrected chi connectivity index (χ2v) is 10.7. The average Bonchev–Trinajstić information content (AvgIpc) is 3.62. The molecule has 32 heavy (non-hydrogen) atoms. The van der Waals surface area contributed by atoms with Gasteiger partial charge in [-0.25, -0.2) is 4.79 Å². The highest BCUT2D eigenvalue weighted by Gasteiger charge is 2.94. The van der Waals surface area contributed by atoms with Crippen LogP contribution >= 0.6 is 0 Å². The number of cyclic esters (lactones) is 2. The van der Waals surface area contributed by atoms with Gasteiger partial charge in [0.05, 0.1) is 12.1 Å². The zero-order chi connectivity index (χ0) is 21.4. The Labute approximate surface area is 185 Å². The molecule has 1 amide bonds. The quantitative estimate of drug-likeness (QED) is 0.410. The lowest BCUT2D eigenvalue weighted by atomic mass is 9.47. The Morgan fingerprint density at radius 3 is 2.09 bits per heavy atom. The van der Waals surface area contributed by atoms with Crippen LogP contribution < -0.4 is 0 Å². The van der Waals surface area contributed by atoms with Gasteiger partial charge in [0.2, 0.25) is 0 Å². The highest BCUT2D eigenvalue weighted by molar-refractivity contribution is 6.07. The van der Waals surface area contributed by atoms with Crippen molar-refractivity contribution in [2.45, 2.75) is 31.5 Å². The van der Waals surface area contributed by atoms with E-state index in [-0.39, 0.29) is 42.4 Å². The number of benzene rings is 1. The van der Waals surface area contributed by atoms with E-state index in [1.54, 1.807) is 0 Å². The Morgan fingerprint density at radius 1 is 0.906 bits per heavy atom. The minimum absolute atomic E-state index is 0.0464. The number of rotatable bonds is 2. The largest absolute Gasteiger partial charge is 0.445 e. The van der Waals surface area contributed by atoms with E-state index < -0.39 is 28.9 Å². The predicted molar refractivity (Wildman–Crippen MR) is 110 cm³/mol. The second-order valence-electron chi connectivity index (χ2n) is 10.7. The van der Waals surface area contributed by atoms with E-state index >= 15 is 0 Å². The van der Waals surface area contributed by atoms with Crippen LogP contribution in [0.3, 0.4) is 0 Å². The van der Waals surface area contributed by atoms with Gasteiger partial charge in [0.15, 0.2) is 0 Å². The van der Waals surface area contributed by atoms with E-state index in [0.717, 1.165) is 18.4 Å². The van der Waals surface area contributed by atoms with Gasteiger partial charge in [-0.05, 0) is 53.9 Å². The van der Waals surface area contributed by atoms with Gasteiger partial charge < -0.3 is 9.47 Å². The number of esters is 2. The first kappa shape index (κ1) is 17.6. The van der Waals surface area contributed by atoms with Crippen molar-refractivity contribution < 1.29 is 23.9 Å². The molecule has 4 aliphatic carbocycles. The van der Waals surface area contributed by atoms with Crippen LogP contribution in [0.1, 0.15) is 18.4 Å². The average molecular weight is 429 g/mol. The van der Waals surface area contributed by atoms with Gasteiger partial charge in [-0.2, -0.15) is 0 Å². The maximum Gasteiger partial charge on any atom is 0.410 e.